The third kappa shape index (κ3) is 6.67. The Labute approximate surface area is 210 Å². The van der Waals surface area contributed by atoms with Crippen LogP contribution in [0.15, 0.2) is 102 Å². The second-order valence-electron chi connectivity index (χ2n) is 8.27. The zero-order valence-electron chi connectivity index (χ0n) is 20.1. The van der Waals surface area contributed by atoms with Crippen molar-refractivity contribution in [2.24, 2.45) is 5.10 Å². The van der Waals surface area contributed by atoms with Crippen LogP contribution in [0.2, 0.25) is 0 Å². The summed E-state index contributed by atoms with van der Waals surface area (Å²) in [6.07, 6.45) is 1.52. The minimum atomic E-state index is -0.409. The molecule has 0 saturated carbocycles. The summed E-state index contributed by atoms with van der Waals surface area (Å²) in [6, 6.07) is 29.1. The normalized spacial score (nSPS) is 10.7. The number of ether oxygens (including phenoxy) is 2. The molecule has 4 rings (SSSR count). The fourth-order valence-electron chi connectivity index (χ4n) is 3.37. The van der Waals surface area contributed by atoms with Crippen LogP contribution in [-0.2, 0) is 6.61 Å². The molecule has 6 nitrogen and oxygen atoms in total. The maximum Gasteiger partial charge on any atom is 0.343 e. The van der Waals surface area contributed by atoms with Crippen LogP contribution in [0.25, 0.3) is 0 Å². The fourth-order valence-corrected chi connectivity index (χ4v) is 3.37. The SMILES string of the molecule is Cc1ccc(COc2ccc(C(=O)NN=Cc3ccc(OC(=O)c4ccccc4C)cc3)cc2)cc1. The highest BCUT2D eigenvalue weighted by atomic mass is 16.5. The molecule has 0 heterocycles. The number of benzene rings is 4. The van der Waals surface area contributed by atoms with Gasteiger partial charge >= 0.3 is 5.97 Å². The third-order valence-corrected chi connectivity index (χ3v) is 5.48. The smallest absolute Gasteiger partial charge is 0.343 e. The van der Waals surface area contributed by atoms with Gasteiger partial charge in [-0.1, -0.05) is 48.0 Å². The van der Waals surface area contributed by atoms with Gasteiger partial charge in [-0.3, -0.25) is 4.79 Å². The zero-order valence-corrected chi connectivity index (χ0v) is 20.1. The monoisotopic (exact) mass is 478 g/mol. The molecule has 6 heteroatoms. The first-order valence-electron chi connectivity index (χ1n) is 11.5. The van der Waals surface area contributed by atoms with E-state index in [0.29, 0.717) is 29.2 Å². The van der Waals surface area contributed by atoms with Crippen molar-refractivity contribution < 1.29 is 19.1 Å². The Hall–Kier alpha value is -4.71. The number of hydrazone groups is 1. The van der Waals surface area contributed by atoms with Gasteiger partial charge in [-0.05, 0) is 85.1 Å². The van der Waals surface area contributed by atoms with E-state index in [2.05, 4.69) is 10.5 Å². The van der Waals surface area contributed by atoms with Crippen LogP contribution in [0.5, 0.6) is 11.5 Å². The predicted octanol–water partition coefficient (Wildman–Crippen LogP) is 5.87. The average Bonchev–Trinajstić information content (AvgIpc) is 2.90. The number of esters is 1. The molecule has 4 aromatic carbocycles. The lowest BCUT2D eigenvalue weighted by molar-refractivity contribution is 0.0733. The maximum absolute atomic E-state index is 12.4. The van der Waals surface area contributed by atoms with Crippen LogP contribution in [0, 0.1) is 13.8 Å². The summed E-state index contributed by atoms with van der Waals surface area (Å²) in [5.74, 6) is 0.362. The summed E-state index contributed by atoms with van der Waals surface area (Å²) in [5.41, 5.74) is 7.37. The van der Waals surface area contributed by atoms with Crippen molar-refractivity contribution >= 4 is 18.1 Å². The molecular formula is C30H26N2O4. The van der Waals surface area contributed by atoms with Crippen molar-refractivity contribution in [3.63, 3.8) is 0 Å². The molecule has 0 bridgehead atoms. The van der Waals surface area contributed by atoms with Crippen molar-refractivity contribution in [3.8, 4) is 11.5 Å². The quantitative estimate of drug-likeness (QED) is 0.149. The lowest BCUT2D eigenvalue weighted by atomic mass is 10.1. The Balaban J connectivity index is 1.26. The lowest BCUT2D eigenvalue weighted by Crippen LogP contribution is -2.17. The van der Waals surface area contributed by atoms with Crippen LogP contribution in [-0.4, -0.2) is 18.1 Å². The van der Waals surface area contributed by atoms with E-state index < -0.39 is 5.97 Å². The Morgan fingerprint density at radius 3 is 2.17 bits per heavy atom. The van der Waals surface area contributed by atoms with Crippen molar-refractivity contribution in [1.82, 2.24) is 5.43 Å². The van der Waals surface area contributed by atoms with E-state index in [1.54, 1.807) is 60.7 Å². The summed E-state index contributed by atoms with van der Waals surface area (Å²) < 4.78 is 11.2. The van der Waals surface area contributed by atoms with Crippen molar-refractivity contribution in [2.75, 3.05) is 0 Å². The molecule has 0 aliphatic rings. The van der Waals surface area contributed by atoms with E-state index in [4.69, 9.17) is 9.47 Å². The second-order valence-corrected chi connectivity index (χ2v) is 8.27. The molecule has 0 unspecified atom stereocenters. The Morgan fingerprint density at radius 2 is 1.47 bits per heavy atom. The van der Waals surface area contributed by atoms with Crippen LogP contribution >= 0.6 is 0 Å². The number of aryl methyl sites for hydroxylation is 2. The third-order valence-electron chi connectivity index (χ3n) is 5.48. The number of nitrogens with one attached hydrogen (secondary N) is 1. The molecule has 36 heavy (non-hydrogen) atoms. The van der Waals surface area contributed by atoms with Crippen LogP contribution in [0.1, 0.15) is 43.0 Å². The van der Waals surface area contributed by atoms with E-state index in [1.165, 1.54) is 11.8 Å². The molecule has 1 N–H and O–H groups in total. The topological polar surface area (TPSA) is 77.0 Å². The number of rotatable bonds is 8. The van der Waals surface area contributed by atoms with Gasteiger partial charge < -0.3 is 9.47 Å². The summed E-state index contributed by atoms with van der Waals surface area (Å²) in [6.45, 7) is 4.36. The highest BCUT2D eigenvalue weighted by Gasteiger charge is 2.10. The minimum Gasteiger partial charge on any atom is -0.489 e. The van der Waals surface area contributed by atoms with Gasteiger partial charge in [-0.15, -0.1) is 0 Å². The van der Waals surface area contributed by atoms with E-state index in [0.717, 1.165) is 16.7 Å². The first-order valence-corrected chi connectivity index (χ1v) is 11.5. The van der Waals surface area contributed by atoms with Crippen LogP contribution in [0.3, 0.4) is 0 Å². The van der Waals surface area contributed by atoms with Gasteiger partial charge in [0, 0.05) is 5.56 Å². The van der Waals surface area contributed by atoms with Gasteiger partial charge in [0.05, 0.1) is 11.8 Å². The van der Waals surface area contributed by atoms with E-state index in [-0.39, 0.29) is 5.91 Å². The fraction of sp³-hybridized carbons (Fsp3) is 0.100. The molecule has 0 saturated heterocycles. The Kier molecular flexibility index (Phi) is 7.88. The average molecular weight is 479 g/mol. The molecule has 0 aromatic heterocycles. The largest absolute Gasteiger partial charge is 0.489 e. The van der Waals surface area contributed by atoms with Gasteiger partial charge in [0.15, 0.2) is 0 Å². The highest BCUT2D eigenvalue weighted by Crippen LogP contribution is 2.16. The van der Waals surface area contributed by atoms with E-state index >= 15 is 0 Å². The first-order chi connectivity index (χ1) is 17.5. The first kappa shape index (κ1) is 24.4. The number of hydrogen-bond acceptors (Lipinski definition) is 5. The highest BCUT2D eigenvalue weighted by molar-refractivity contribution is 5.95. The molecule has 0 spiro atoms. The zero-order chi connectivity index (χ0) is 25.3. The van der Waals surface area contributed by atoms with Crippen LogP contribution in [0.4, 0.5) is 0 Å². The summed E-state index contributed by atoms with van der Waals surface area (Å²) in [4.78, 5) is 24.7. The molecule has 0 aliphatic heterocycles. The predicted molar refractivity (Wildman–Crippen MR) is 140 cm³/mol. The maximum atomic E-state index is 12.4. The van der Waals surface area contributed by atoms with Gasteiger partial charge in [0.1, 0.15) is 18.1 Å². The lowest BCUT2D eigenvalue weighted by Gasteiger charge is -2.07. The molecule has 180 valence electrons. The number of carbonyl (C=O) groups is 2. The molecular weight excluding hydrogens is 452 g/mol. The van der Waals surface area contributed by atoms with Crippen molar-refractivity contribution in [3.05, 3.63) is 130 Å². The molecule has 1 amide bonds. The molecule has 0 fully saturated rings. The standard InChI is InChI=1S/C30H26N2O4/c1-21-7-9-24(10-8-21)20-35-26-17-13-25(14-18-26)29(33)32-31-19-23-11-15-27(16-12-23)36-30(34)28-6-4-3-5-22(28)2/h3-19H,20H2,1-2H3,(H,32,33). The number of nitrogens with zero attached hydrogens (tertiary/aromatic N) is 1. The van der Waals surface area contributed by atoms with Gasteiger partial charge in [0.25, 0.3) is 5.91 Å². The number of hydrogen-bond donors (Lipinski definition) is 1. The Bertz CT molecular complexity index is 1360. The van der Waals surface area contributed by atoms with Gasteiger partial charge in [-0.25, -0.2) is 10.2 Å². The summed E-state index contributed by atoms with van der Waals surface area (Å²) in [5, 5.41) is 4.01. The molecule has 0 radical (unpaired) electrons. The van der Waals surface area contributed by atoms with Crippen molar-refractivity contribution in [2.45, 2.75) is 20.5 Å². The van der Waals surface area contributed by atoms with Crippen LogP contribution < -0.4 is 14.9 Å². The molecule has 0 aliphatic carbocycles. The molecule has 0 atom stereocenters. The van der Waals surface area contributed by atoms with Crippen molar-refractivity contribution in [1.29, 1.82) is 0 Å². The van der Waals surface area contributed by atoms with Gasteiger partial charge in [-0.2, -0.15) is 5.10 Å². The van der Waals surface area contributed by atoms with E-state index in [9.17, 15) is 9.59 Å². The summed E-state index contributed by atoms with van der Waals surface area (Å²) in [7, 11) is 0. The second kappa shape index (κ2) is 11.6. The minimum absolute atomic E-state index is 0.333. The number of amides is 1. The number of carbonyl (C=O) groups excluding carboxylic acids is 2. The van der Waals surface area contributed by atoms with E-state index in [1.807, 2.05) is 50.2 Å². The molecule has 4 aromatic rings. The van der Waals surface area contributed by atoms with Gasteiger partial charge in [0.2, 0.25) is 0 Å². The Morgan fingerprint density at radius 1 is 0.806 bits per heavy atom. The summed E-state index contributed by atoms with van der Waals surface area (Å²) >= 11 is 0.